The first-order chi connectivity index (χ1) is 4.30. The van der Waals surface area contributed by atoms with Crippen LogP contribution in [0.4, 0.5) is 5.69 Å². The van der Waals surface area contributed by atoms with E-state index in [0.717, 1.165) is 0 Å². The average Bonchev–Trinajstić information content (AvgIpc) is 1.90. The molecular weight excluding hydrogens is 141 g/mol. The van der Waals surface area contributed by atoms with Gasteiger partial charge in [0, 0.05) is 4.92 Å². The van der Waals surface area contributed by atoms with E-state index in [9.17, 15) is 10.1 Å². The molecule has 1 aromatic rings. The Hall–Kier alpha value is -0.380. The van der Waals surface area contributed by atoms with Gasteiger partial charge in [-0.05, 0) is 0 Å². The fraction of sp³-hybridized carbons (Fsp3) is 0. The number of benzene rings is 1. The standard InChI is InChI=1S/C6H4NO2.Na/c8-7(9)6-4-2-1-3-5-6;/h1-4H;/q-1;+1. The summed E-state index contributed by atoms with van der Waals surface area (Å²) in [7, 11) is 0. The summed E-state index contributed by atoms with van der Waals surface area (Å²) in [6.07, 6.45) is 0. The molecule has 0 atom stereocenters. The Balaban J connectivity index is 0.000000810. The summed E-state index contributed by atoms with van der Waals surface area (Å²) >= 11 is 0. The van der Waals surface area contributed by atoms with Crippen LogP contribution in [-0.2, 0) is 0 Å². The Morgan fingerprint density at radius 3 is 2.50 bits per heavy atom. The number of hydrogen-bond acceptors (Lipinski definition) is 2. The first kappa shape index (κ1) is 9.62. The minimum atomic E-state index is -0.472. The molecule has 0 unspecified atom stereocenters. The van der Waals surface area contributed by atoms with Crippen molar-refractivity contribution in [1.82, 2.24) is 0 Å². The zero-order valence-electron chi connectivity index (χ0n) is 5.57. The summed E-state index contributed by atoms with van der Waals surface area (Å²) in [6.45, 7) is 0. The van der Waals surface area contributed by atoms with Crippen molar-refractivity contribution in [3.8, 4) is 0 Å². The second kappa shape index (κ2) is 4.44. The van der Waals surface area contributed by atoms with Crippen molar-refractivity contribution in [2.45, 2.75) is 0 Å². The molecular formula is C6H4NNaO2. The van der Waals surface area contributed by atoms with Gasteiger partial charge < -0.3 is 0 Å². The SMILES string of the molecule is O=[N+]([O-])c1[c-]cccc1.[Na+]. The molecule has 0 saturated heterocycles. The molecule has 1 rings (SSSR count). The van der Waals surface area contributed by atoms with Crippen LogP contribution in [0.15, 0.2) is 24.3 Å². The van der Waals surface area contributed by atoms with Crippen molar-refractivity contribution in [3.63, 3.8) is 0 Å². The third kappa shape index (κ3) is 2.47. The van der Waals surface area contributed by atoms with E-state index in [1.807, 2.05) is 0 Å². The minimum Gasteiger partial charge on any atom is -0.260 e. The predicted octanol–water partition coefficient (Wildman–Crippen LogP) is -1.60. The molecule has 0 amide bonds. The molecule has 0 aliphatic heterocycles. The maximum absolute atomic E-state index is 9.98. The molecule has 1 aromatic carbocycles. The van der Waals surface area contributed by atoms with Crippen LogP contribution in [-0.4, -0.2) is 4.92 Å². The Kier molecular flexibility index (Phi) is 4.27. The summed E-state index contributed by atoms with van der Waals surface area (Å²) in [4.78, 5) is 9.50. The maximum Gasteiger partial charge on any atom is 1.00 e. The second-order valence-electron chi connectivity index (χ2n) is 1.50. The number of hydrogen-bond donors (Lipinski definition) is 0. The molecule has 0 aromatic heterocycles. The number of nitrogens with zero attached hydrogens (tertiary/aromatic N) is 1. The van der Waals surface area contributed by atoms with Crippen LogP contribution in [0, 0.1) is 16.2 Å². The van der Waals surface area contributed by atoms with Crippen LogP contribution in [0.1, 0.15) is 0 Å². The molecule has 0 aliphatic carbocycles. The van der Waals surface area contributed by atoms with E-state index >= 15 is 0 Å². The van der Waals surface area contributed by atoms with Crippen molar-refractivity contribution in [2.75, 3.05) is 0 Å². The molecule has 10 heavy (non-hydrogen) atoms. The number of para-hydroxylation sites is 1. The van der Waals surface area contributed by atoms with E-state index in [4.69, 9.17) is 0 Å². The van der Waals surface area contributed by atoms with Gasteiger partial charge in [0.25, 0.3) is 0 Å². The van der Waals surface area contributed by atoms with Crippen molar-refractivity contribution in [3.05, 3.63) is 40.4 Å². The van der Waals surface area contributed by atoms with Gasteiger partial charge in [-0.15, -0.1) is 6.07 Å². The van der Waals surface area contributed by atoms with Crippen LogP contribution < -0.4 is 29.6 Å². The molecule has 0 N–H and O–H groups in total. The Morgan fingerprint density at radius 2 is 2.20 bits per heavy atom. The zero-order valence-corrected chi connectivity index (χ0v) is 7.57. The van der Waals surface area contributed by atoms with E-state index in [1.54, 1.807) is 12.1 Å². The zero-order chi connectivity index (χ0) is 6.69. The molecule has 0 heterocycles. The fourth-order valence-corrected chi connectivity index (χ4v) is 0.497. The molecule has 0 radical (unpaired) electrons. The Morgan fingerprint density at radius 1 is 1.50 bits per heavy atom. The van der Waals surface area contributed by atoms with E-state index in [-0.39, 0.29) is 35.2 Å². The van der Waals surface area contributed by atoms with Gasteiger partial charge in [-0.2, -0.15) is 18.2 Å². The van der Waals surface area contributed by atoms with Crippen molar-refractivity contribution in [2.24, 2.45) is 0 Å². The number of rotatable bonds is 1. The van der Waals surface area contributed by atoms with Gasteiger partial charge in [-0.25, -0.2) is 0 Å². The molecule has 4 heteroatoms. The predicted molar refractivity (Wildman–Crippen MR) is 31.9 cm³/mol. The monoisotopic (exact) mass is 145 g/mol. The largest absolute Gasteiger partial charge is 1.00 e. The third-order valence-corrected chi connectivity index (χ3v) is 0.889. The first-order valence-electron chi connectivity index (χ1n) is 2.42. The Bertz CT molecular complexity index is 212. The maximum atomic E-state index is 9.98. The molecule has 0 fully saturated rings. The molecule has 3 nitrogen and oxygen atoms in total. The van der Waals surface area contributed by atoms with Crippen LogP contribution in [0.5, 0.6) is 0 Å². The molecule has 0 aliphatic rings. The number of nitro benzene ring substituents is 1. The van der Waals surface area contributed by atoms with E-state index < -0.39 is 4.92 Å². The number of non-ortho nitro benzene ring substituents is 1. The van der Waals surface area contributed by atoms with Gasteiger partial charge in [0.2, 0.25) is 0 Å². The molecule has 0 saturated carbocycles. The van der Waals surface area contributed by atoms with E-state index in [2.05, 4.69) is 6.07 Å². The van der Waals surface area contributed by atoms with Crippen molar-refractivity contribution < 1.29 is 34.5 Å². The fourth-order valence-electron chi connectivity index (χ4n) is 0.497. The summed E-state index contributed by atoms with van der Waals surface area (Å²) < 4.78 is 0. The topological polar surface area (TPSA) is 43.1 Å². The van der Waals surface area contributed by atoms with E-state index in [0.29, 0.717) is 0 Å². The second-order valence-corrected chi connectivity index (χ2v) is 1.50. The van der Waals surface area contributed by atoms with Gasteiger partial charge >= 0.3 is 29.6 Å². The normalized spacial score (nSPS) is 8.00. The van der Waals surface area contributed by atoms with Gasteiger partial charge in [-0.1, -0.05) is 6.07 Å². The summed E-state index contributed by atoms with van der Waals surface area (Å²) in [5, 5.41) is 9.98. The van der Waals surface area contributed by atoms with Crippen LogP contribution in [0.25, 0.3) is 0 Å². The van der Waals surface area contributed by atoms with E-state index in [1.165, 1.54) is 12.1 Å². The molecule has 0 spiro atoms. The van der Waals surface area contributed by atoms with Crippen molar-refractivity contribution >= 4 is 5.69 Å². The van der Waals surface area contributed by atoms with Gasteiger partial charge in [0.15, 0.2) is 5.69 Å². The van der Waals surface area contributed by atoms with Gasteiger partial charge in [0.05, 0.1) is 0 Å². The summed E-state index contributed by atoms with van der Waals surface area (Å²) in [5.74, 6) is 0. The van der Waals surface area contributed by atoms with Crippen LogP contribution in [0.2, 0.25) is 0 Å². The van der Waals surface area contributed by atoms with Crippen LogP contribution in [0.3, 0.4) is 0 Å². The third-order valence-electron chi connectivity index (χ3n) is 0.889. The summed E-state index contributed by atoms with van der Waals surface area (Å²) in [5.41, 5.74) is 0.0116. The molecule has 0 bridgehead atoms. The summed E-state index contributed by atoms with van der Waals surface area (Å²) in [6, 6.07) is 8.68. The quantitative estimate of drug-likeness (QED) is 0.207. The van der Waals surface area contributed by atoms with Gasteiger partial charge in [0.1, 0.15) is 0 Å². The minimum absolute atomic E-state index is 0. The first-order valence-corrected chi connectivity index (χ1v) is 2.42. The van der Waals surface area contributed by atoms with Crippen LogP contribution >= 0.6 is 0 Å². The van der Waals surface area contributed by atoms with Gasteiger partial charge in [-0.3, -0.25) is 10.1 Å². The average molecular weight is 145 g/mol. The number of nitro groups is 1. The Labute approximate surface area is 80.5 Å². The molecule has 46 valence electrons. The van der Waals surface area contributed by atoms with Crippen molar-refractivity contribution in [1.29, 1.82) is 0 Å². The smallest absolute Gasteiger partial charge is 0.260 e.